The molecular weight excluding hydrogens is 260 g/mol. The minimum Gasteiger partial charge on any atom is -0.475 e. The minimum atomic E-state index is -1.18. The van der Waals surface area contributed by atoms with Crippen LogP contribution in [0.4, 0.5) is 0 Å². The first-order chi connectivity index (χ1) is 9.58. The van der Waals surface area contributed by atoms with Crippen molar-refractivity contribution in [3.8, 4) is 5.88 Å². The van der Waals surface area contributed by atoms with Crippen molar-refractivity contribution in [1.82, 2.24) is 9.97 Å². The second kappa shape index (κ2) is 6.29. The number of carbonyl (C=O) groups is 1. The third-order valence-electron chi connectivity index (χ3n) is 2.53. The molecule has 2 aromatic rings. The summed E-state index contributed by atoms with van der Waals surface area (Å²) in [5.74, 6) is -1.19. The van der Waals surface area contributed by atoms with Crippen LogP contribution in [0.15, 0.2) is 24.3 Å². The Hall–Kier alpha value is -2.21. The molecule has 6 heteroatoms. The van der Waals surface area contributed by atoms with Crippen LogP contribution in [0.5, 0.6) is 5.88 Å². The molecule has 0 aliphatic heterocycles. The number of nitrogens with zero attached hydrogens (tertiary/aromatic N) is 2. The van der Waals surface area contributed by atoms with Crippen LogP contribution in [0, 0.1) is 0 Å². The fourth-order valence-electron chi connectivity index (χ4n) is 1.68. The standard InChI is InChI=1S/C14H16N2O4/c1-9(2)19-7-8-20-13-10-5-3-4-6-11(10)15-12(16-13)14(17)18/h3-6,9H,7-8H2,1-2H3,(H,17,18). The van der Waals surface area contributed by atoms with Gasteiger partial charge < -0.3 is 14.6 Å². The summed E-state index contributed by atoms with van der Waals surface area (Å²) in [6.07, 6.45) is 0.121. The first-order valence-electron chi connectivity index (χ1n) is 6.32. The Morgan fingerprint density at radius 2 is 2.00 bits per heavy atom. The minimum absolute atomic E-state index is 0.121. The SMILES string of the molecule is CC(C)OCCOc1nc(C(=O)O)nc2ccccc12. The Labute approximate surface area is 116 Å². The fraction of sp³-hybridized carbons (Fsp3) is 0.357. The highest BCUT2D eigenvalue weighted by molar-refractivity contribution is 5.89. The molecule has 0 aliphatic rings. The second-order valence-electron chi connectivity index (χ2n) is 4.44. The molecule has 1 N–H and O–H groups in total. The maximum absolute atomic E-state index is 11.0. The van der Waals surface area contributed by atoms with Crippen LogP contribution in [0.1, 0.15) is 24.5 Å². The van der Waals surface area contributed by atoms with E-state index in [1.165, 1.54) is 0 Å². The van der Waals surface area contributed by atoms with Crippen molar-refractivity contribution in [3.63, 3.8) is 0 Å². The number of aromatic nitrogens is 2. The van der Waals surface area contributed by atoms with Crippen molar-refractivity contribution in [1.29, 1.82) is 0 Å². The van der Waals surface area contributed by atoms with Crippen LogP contribution < -0.4 is 4.74 Å². The Kier molecular flexibility index (Phi) is 4.47. The molecule has 1 aromatic heterocycles. The summed E-state index contributed by atoms with van der Waals surface area (Å²) in [6.45, 7) is 4.59. The highest BCUT2D eigenvalue weighted by Gasteiger charge is 2.13. The summed E-state index contributed by atoms with van der Waals surface area (Å²) in [5, 5.41) is 9.69. The molecule has 0 atom stereocenters. The van der Waals surface area contributed by atoms with Gasteiger partial charge in [0.15, 0.2) is 0 Å². The first kappa shape index (κ1) is 14.2. The summed E-state index contributed by atoms with van der Waals surface area (Å²) in [7, 11) is 0. The van der Waals surface area contributed by atoms with Gasteiger partial charge in [-0.05, 0) is 26.0 Å². The van der Waals surface area contributed by atoms with Crippen LogP contribution in [0.2, 0.25) is 0 Å². The molecule has 0 radical (unpaired) electrons. The summed E-state index contributed by atoms with van der Waals surface area (Å²) in [5.41, 5.74) is 0.541. The van der Waals surface area contributed by atoms with E-state index in [9.17, 15) is 4.79 Å². The van der Waals surface area contributed by atoms with Gasteiger partial charge in [-0.1, -0.05) is 12.1 Å². The lowest BCUT2D eigenvalue weighted by Gasteiger charge is -2.10. The number of hydrogen-bond donors (Lipinski definition) is 1. The van der Waals surface area contributed by atoms with Crippen molar-refractivity contribution in [2.75, 3.05) is 13.2 Å². The van der Waals surface area contributed by atoms with E-state index in [4.69, 9.17) is 14.6 Å². The molecule has 0 fully saturated rings. The van der Waals surface area contributed by atoms with E-state index >= 15 is 0 Å². The van der Waals surface area contributed by atoms with E-state index in [0.717, 1.165) is 0 Å². The summed E-state index contributed by atoms with van der Waals surface area (Å²) in [4.78, 5) is 18.9. The topological polar surface area (TPSA) is 81.5 Å². The smallest absolute Gasteiger partial charge is 0.374 e. The number of fused-ring (bicyclic) bond motifs is 1. The fourth-order valence-corrected chi connectivity index (χ4v) is 1.68. The van der Waals surface area contributed by atoms with Crippen molar-refractivity contribution < 1.29 is 19.4 Å². The molecule has 0 aliphatic carbocycles. The van der Waals surface area contributed by atoms with Crippen molar-refractivity contribution in [2.45, 2.75) is 20.0 Å². The lowest BCUT2D eigenvalue weighted by molar-refractivity contribution is 0.0544. The number of para-hydroxylation sites is 1. The second-order valence-corrected chi connectivity index (χ2v) is 4.44. The monoisotopic (exact) mass is 276 g/mol. The molecule has 0 saturated heterocycles. The van der Waals surface area contributed by atoms with E-state index in [2.05, 4.69) is 9.97 Å². The zero-order valence-electron chi connectivity index (χ0n) is 11.4. The maximum atomic E-state index is 11.0. The van der Waals surface area contributed by atoms with Gasteiger partial charge in [0.25, 0.3) is 0 Å². The average molecular weight is 276 g/mol. The zero-order valence-corrected chi connectivity index (χ0v) is 11.4. The van der Waals surface area contributed by atoms with Gasteiger partial charge in [0.1, 0.15) is 6.61 Å². The number of hydrogen-bond acceptors (Lipinski definition) is 5. The highest BCUT2D eigenvalue weighted by atomic mass is 16.5. The van der Waals surface area contributed by atoms with Crippen LogP contribution in [-0.2, 0) is 4.74 Å². The lowest BCUT2D eigenvalue weighted by Crippen LogP contribution is -2.13. The summed E-state index contributed by atoms with van der Waals surface area (Å²) >= 11 is 0. The van der Waals surface area contributed by atoms with Crippen LogP contribution >= 0.6 is 0 Å². The first-order valence-corrected chi connectivity index (χ1v) is 6.32. The van der Waals surface area contributed by atoms with Crippen molar-refractivity contribution >= 4 is 16.9 Å². The summed E-state index contributed by atoms with van der Waals surface area (Å²) in [6, 6.07) is 7.12. The van der Waals surface area contributed by atoms with Crippen molar-refractivity contribution in [3.05, 3.63) is 30.1 Å². The Morgan fingerprint density at radius 1 is 1.25 bits per heavy atom. The van der Waals surface area contributed by atoms with Gasteiger partial charge in [-0.15, -0.1) is 0 Å². The third-order valence-corrected chi connectivity index (χ3v) is 2.53. The number of benzene rings is 1. The molecule has 1 aromatic carbocycles. The number of rotatable bonds is 6. The van der Waals surface area contributed by atoms with E-state index in [1.54, 1.807) is 18.2 Å². The number of ether oxygens (including phenoxy) is 2. The van der Waals surface area contributed by atoms with E-state index < -0.39 is 5.97 Å². The van der Waals surface area contributed by atoms with Gasteiger partial charge in [-0.25, -0.2) is 9.78 Å². The normalized spacial score (nSPS) is 10.9. The molecular formula is C14H16N2O4. The highest BCUT2D eigenvalue weighted by Crippen LogP contribution is 2.22. The van der Waals surface area contributed by atoms with E-state index in [1.807, 2.05) is 19.9 Å². The van der Waals surface area contributed by atoms with Gasteiger partial charge in [0.2, 0.25) is 11.7 Å². The summed E-state index contributed by atoms with van der Waals surface area (Å²) < 4.78 is 10.9. The number of aromatic carboxylic acids is 1. The average Bonchev–Trinajstić information content (AvgIpc) is 2.42. The van der Waals surface area contributed by atoms with Gasteiger partial charge in [-0.3, -0.25) is 0 Å². The van der Waals surface area contributed by atoms with Gasteiger partial charge in [0, 0.05) is 0 Å². The molecule has 0 unspecified atom stereocenters. The van der Waals surface area contributed by atoms with Gasteiger partial charge in [0.05, 0.1) is 23.6 Å². The van der Waals surface area contributed by atoms with Crippen LogP contribution in [0.3, 0.4) is 0 Å². The van der Waals surface area contributed by atoms with Crippen molar-refractivity contribution in [2.24, 2.45) is 0 Å². The molecule has 1 heterocycles. The number of carboxylic acids is 1. The molecule has 6 nitrogen and oxygen atoms in total. The molecule has 20 heavy (non-hydrogen) atoms. The van der Waals surface area contributed by atoms with Gasteiger partial charge in [-0.2, -0.15) is 4.98 Å². The molecule has 106 valence electrons. The molecule has 0 saturated carbocycles. The molecule has 2 rings (SSSR count). The molecule has 0 amide bonds. The quantitative estimate of drug-likeness (QED) is 0.814. The maximum Gasteiger partial charge on any atom is 0.374 e. The molecule has 0 bridgehead atoms. The number of carboxylic acid groups (broad SMARTS) is 1. The predicted octanol–water partition coefficient (Wildman–Crippen LogP) is 2.13. The Bertz CT molecular complexity index is 613. The zero-order chi connectivity index (χ0) is 14.5. The largest absolute Gasteiger partial charge is 0.475 e. The lowest BCUT2D eigenvalue weighted by atomic mass is 10.2. The predicted molar refractivity (Wildman–Crippen MR) is 73.1 cm³/mol. The molecule has 0 spiro atoms. The Morgan fingerprint density at radius 3 is 2.70 bits per heavy atom. The Balaban J connectivity index is 2.23. The van der Waals surface area contributed by atoms with E-state index in [0.29, 0.717) is 24.1 Å². The van der Waals surface area contributed by atoms with Crippen LogP contribution in [-0.4, -0.2) is 40.4 Å². The van der Waals surface area contributed by atoms with Crippen LogP contribution in [0.25, 0.3) is 10.9 Å². The van der Waals surface area contributed by atoms with E-state index in [-0.39, 0.29) is 17.8 Å². The van der Waals surface area contributed by atoms with Gasteiger partial charge >= 0.3 is 5.97 Å². The third kappa shape index (κ3) is 3.42.